The van der Waals surface area contributed by atoms with Crippen LogP contribution in [0.15, 0.2) is 30.3 Å². The molecule has 1 aromatic rings. The summed E-state index contributed by atoms with van der Waals surface area (Å²) in [6.07, 6.45) is 3.18. The Labute approximate surface area is 150 Å². The van der Waals surface area contributed by atoms with Gasteiger partial charge in [0.15, 0.2) is 0 Å². The van der Waals surface area contributed by atoms with Gasteiger partial charge < -0.3 is 15.5 Å². The van der Waals surface area contributed by atoms with Crippen LogP contribution >= 0.6 is 0 Å². The number of hydrogen-bond acceptors (Lipinski definition) is 3. The Hall–Kier alpha value is -1.88. The van der Waals surface area contributed by atoms with Crippen molar-refractivity contribution in [3.8, 4) is 0 Å². The lowest BCUT2D eigenvalue weighted by molar-refractivity contribution is -0.135. The Kier molecular flexibility index (Phi) is 6.08. The van der Waals surface area contributed by atoms with E-state index < -0.39 is 0 Å². The molecule has 136 valence electrons. The van der Waals surface area contributed by atoms with Gasteiger partial charge in [-0.05, 0) is 43.8 Å². The maximum Gasteiger partial charge on any atom is 0.227 e. The van der Waals surface area contributed by atoms with Crippen molar-refractivity contribution < 1.29 is 9.59 Å². The van der Waals surface area contributed by atoms with Gasteiger partial charge >= 0.3 is 0 Å². The molecule has 5 heteroatoms. The highest BCUT2D eigenvalue weighted by molar-refractivity contribution is 5.82. The highest BCUT2D eigenvalue weighted by Gasteiger charge is 2.31. The van der Waals surface area contributed by atoms with Gasteiger partial charge in [0.1, 0.15) is 0 Å². The predicted octanol–water partition coefficient (Wildman–Crippen LogP) is 1.58. The molecule has 5 nitrogen and oxygen atoms in total. The molecule has 0 aromatic heterocycles. The summed E-state index contributed by atoms with van der Waals surface area (Å²) in [4.78, 5) is 27.1. The lowest BCUT2D eigenvalue weighted by Crippen LogP contribution is -2.52. The Morgan fingerprint density at radius 1 is 1.24 bits per heavy atom. The molecule has 1 aromatic carbocycles. The van der Waals surface area contributed by atoms with Gasteiger partial charge in [-0.3, -0.25) is 9.59 Å². The van der Waals surface area contributed by atoms with Gasteiger partial charge in [-0.15, -0.1) is 0 Å². The van der Waals surface area contributed by atoms with E-state index in [1.807, 2.05) is 35.2 Å². The van der Waals surface area contributed by atoms with Crippen LogP contribution in [0.3, 0.4) is 0 Å². The first-order valence-electron chi connectivity index (χ1n) is 9.46. The van der Waals surface area contributed by atoms with E-state index in [4.69, 9.17) is 0 Å². The summed E-state index contributed by atoms with van der Waals surface area (Å²) in [5.74, 6) is 0.627. The molecule has 2 amide bonds. The zero-order valence-electron chi connectivity index (χ0n) is 15.0. The van der Waals surface area contributed by atoms with Crippen LogP contribution in [-0.4, -0.2) is 48.9 Å². The summed E-state index contributed by atoms with van der Waals surface area (Å²) in [5.41, 5.74) is 1.03. The number of piperidine rings is 2. The molecule has 2 aliphatic heterocycles. The van der Waals surface area contributed by atoms with Gasteiger partial charge in [-0.1, -0.05) is 37.3 Å². The van der Waals surface area contributed by atoms with E-state index in [1.165, 1.54) is 0 Å². The van der Waals surface area contributed by atoms with Gasteiger partial charge in [0, 0.05) is 19.1 Å². The smallest absolute Gasteiger partial charge is 0.227 e. The van der Waals surface area contributed by atoms with Crippen molar-refractivity contribution in [3.63, 3.8) is 0 Å². The predicted molar refractivity (Wildman–Crippen MR) is 98.0 cm³/mol. The van der Waals surface area contributed by atoms with Gasteiger partial charge in [-0.25, -0.2) is 0 Å². The van der Waals surface area contributed by atoms with Crippen LogP contribution in [0.1, 0.15) is 31.7 Å². The monoisotopic (exact) mass is 343 g/mol. The van der Waals surface area contributed by atoms with Crippen LogP contribution in [0.25, 0.3) is 0 Å². The highest BCUT2D eigenvalue weighted by atomic mass is 16.2. The number of hydrogen-bond donors (Lipinski definition) is 2. The average molecular weight is 343 g/mol. The van der Waals surface area contributed by atoms with E-state index in [0.717, 1.165) is 44.5 Å². The molecule has 2 saturated heterocycles. The maximum atomic E-state index is 12.7. The topological polar surface area (TPSA) is 61.4 Å². The van der Waals surface area contributed by atoms with Gasteiger partial charge in [0.05, 0.1) is 12.3 Å². The molecular formula is C20H29N3O2. The average Bonchev–Trinajstić information content (AvgIpc) is 2.64. The van der Waals surface area contributed by atoms with Gasteiger partial charge in [0.25, 0.3) is 0 Å². The van der Waals surface area contributed by atoms with E-state index in [2.05, 4.69) is 17.6 Å². The number of amides is 2. The fraction of sp³-hybridized carbons (Fsp3) is 0.600. The molecule has 0 bridgehead atoms. The molecule has 3 unspecified atom stereocenters. The first-order chi connectivity index (χ1) is 12.1. The van der Waals surface area contributed by atoms with E-state index in [0.29, 0.717) is 18.9 Å². The molecule has 3 atom stereocenters. The zero-order valence-corrected chi connectivity index (χ0v) is 15.0. The largest absolute Gasteiger partial charge is 0.353 e. The van der Waals surface area contributed by atoms with Crippen molar-refractivity contribution in [2.45, 2.75) is 38.6 Å². The molecule has 2 fully saturated rings. The van der Waals surface area contributed by atoms with Crippen molar-refractivity contribution in [3.05, 3.63) is 35.9 Å². The van der Waals surface area contributed by atoms with E-state index in [9.17, 15) is 9.59 Å². The van der Waals surface area contributed by atoms with Crippen molar-refractivity contribution in [1.82, 2.24) is 15.5 Å². The Bertz CT molecular complexity index is 590. The molecule has 2 heterocycles. The summed E-state index contributed by atoms with van der Waals surface area (Å²) in [6.45, 7) is 5.41. The fourth-order valence-electron chi connectivity index (χ4n) is 3.83. The lowest BCUT2D eigenvalue weighted by Gasteiger charge is -2.35. The summed E-state index contributed by atoms with van der Waals surface area (Å²) < 4.78 is 0. The van der Waals surface area contributed by atoms with Gasteiger partial charge in [0.2, 0.25) is 11.8 Å². The number of carbonyl (C=O) groups excluding carboxylic acids is 2. The Morgan fingerprint density at radius 2 is 2.04 bits per heavy atom. The Morgan fingerprint density at radius 3 is 2.80 bits per heavy atom. The van der Waals surface area contributed by atoms with Crippen LogP contribution in [-0.2, 0) is 16.0 Å². The molecule has 0 spiro atoms. The third-order valence-electron chi connectivity index (χ3n) is 5.46. The van der Waals surface area contributed by atoms with E-state index >= 15 is 0 Å². The van der Waals surface area contributed by atoms with Crippen LogP contribution in [0.5, 0.6) is 0 Å². The normalized spacial score (nSPS) is 26.9. The molecule has 25 heavy (non-hydrogen) atoms. The first kappa shape index (κ1) is 17.9. The lowest BCUT2D eigenvalue weighted by atomic mass is 9.92. The summed E-state index contributed by atoms with van der Waals surface area (Å²) >= 11 is 0. The van der Waals surface area contributed by atoms with Crippen LogP contribution < -0.4 is 10.6 Å². The molecule has 3 rings (SSSR count). The second-order valence-corrected chi connectivity index (χ2v) is 7.43. The minimum atomic E-state index is -0.0736. The van der Waals surface area contributed by atoms with Crippen molar-refractivity contribution in [2.75, 3.05) is 26.2 Å². The highest BCUT2D eigenvalue weighted by Crippen LogP contribution is 2.19. The summed E-state index contributed by atoms with van der Waals surface area (Å²) in [5, 5.41) is 6.59. The molecule has 0 aliphatic carbocycles. The van der Waals surface area contributed by atoms with E-state index in [1.54, 1.807) is 0 Å². The van der Waals surface area contributed by atoms with Crippen LogP contribution in [0.4, 0.5) is 0 Å². The molecule has 0 radical (unpaired) electrons. The number of nitrogens with zero attached hydrogens (tertiary/aromatic N) is 1. The summed E-state index contributed by atoms with van der Waals surface area (Å²) in [7, 11) is 0. The van der Waals surface area contributed by atoms with Gasteiger partial charge in [-0.2, -0.15) is 0 Å². The zero-order chi connectivity index (χ0) is 17.6. The third-order valence-corrected chi connectivity index (χ3v) is 5.46. The molecule has 2 N–H and O–H groups in total. The quantitative estimate of drug-likeness (QED) is 0.873. The number of likely N-dealkylation sites (tertiary alicyclic amines) is 1. The minimum Gasteiger partial charge on any atom is -0.353 e. The first-order valence-corrected chi connectivity index (χ1v) is 9.46. The maximum absolute atomic E-state index is 12.7. The van der Waals surface area contributed by atoms with Crippen LogP contribution in [0.2, 0.25) is 0 Å². The molecular weight excluding hydrogens is 314 g/mol. The molecule has 2 aliphatic rings. The van der Waals surface area contributed by atoms with Crippen molar-refractivity contribution in [2.24, 2.45) is 11.8 Å². The number of rotatable bonds is 4. The van der Waals surface area contributed by atoms with Crippen molar-refractivity contribution >= 4 is 11.8 Å². The standard InChI is InChI=1S/C20H29N3O2/c1-15-13-21-10-9-18(15)22-20(25)17-8-5-11-23(14-17)19(24)12-16-6-3-2-4-7-16/h2-4,6-7,15,17-18,21H,5,8-14H2,1H3,(H,22,25). The number of benzene rings is 1. The fourth-order valence-corrected chi connectivity index (χ4v) is 3.83. The second-order valence-electron chi connectivity index (χ2n) is 7.43. The Balaban J connectivity index is 1.53. The second kappa shape index (κ2) is 8.48. The van der Waals surface area contributed by atoms with E-state index in [-0.39, 0.29) is 23.8 Å². The third kappa shape index (κ3) is 4.82. The summed E-state index contributed by atoms with van der Waals surface area (Å²) in [6, 6.07) is 10.1. The number of nitrogens with one attached hydrogen (secondary N) is 2. The SMILES string of the molecule is CC1CNCCC1NC(=O)C1CCCN(C(=O)Cc2ccccc2)C1. The molecule has 0 saturated carbocycles. The number of carbonyl (C=O) groups is 2. The minimum absolute atomic E-state index is 0.0736. The van der Waals surface area contributed by atoms with Crippen molar-refractivity contribution in [1.29, 1.82) is 0 Å². The van der Waals surface area contributed by atoms with Crippen LogP contribution in [0, 0.1) is 11.8 Å².